The molecule has 2 heterocycles. The molecular formula is C36H41FN2O6. The van der Waals surface area contributed by atoms with Crippen LogP contribution in [0.1, 0.15) is 75.5 Å². The van der Waals surface area contributed by atoms with Gasteiger partial charge in [0.25, 0.3) is 0 Å². The lowest BCUT2D eigenvalue weighted by Gasteiger charge is -2.62. The highest BCUT2D eigenvalue weighted by Gasteiger charge is 2.79. The van der Waals surface area contributed by atoms with Gasteiger partial charge in [-0.2, -0.15) is 0 Å². The number of nitrogens with zero attached hydrogens (tertiary/aromatic N) is 1. The van der Waals surface area contributed by atoms with E-state index in [9.17, 15) is 19.8 Å². The van der Waals surface area contributed by atoms with Crippen LogP contribution in [0.2, 0.25) is 0 Å². The van der Waals surface area contributed by atoms with Gasteiger partial charge in [-0.3, -0.25) is 14.6 Å². The number of carbonyl (C=O) groups excluding carboxylic acids is 2. The second-order valence-corrected chi connectivity index (χ2v) is 14.2. The van der Waals surface area contributed by atoms with E-state index >= 15 is 4.39 Å². The van der Waals surface area contributed by atoms with Crippen molar-refractivity contribution in [3.05, 3.63) is 83.2 Å². The summed E-state index contributed by atoms with van der Waals surface area (Å²) in [6, 6.07) is 11.6. The average molecular weight is 617 g/mol. The molecule has 1 aliphatic heterocycles. The molecule has 7 rings (SSSR count). The van der Waals surface area contributed by atoms with Crippen LogP contribution in [0.5, 0.6) is 0 Å². The number of hydrogen-bond donors (Lipinski definition) is 3. The largest absolute Gasteiger partial charge is 0.399 e. The Kier molecular flexibility index (Phi) is 7.02. The number of aliphatic hydroxyl groups is 2. The number of anilines is 1. The van der Waals surface area contributed by atoms with Crippen LogP contribution in [0.4, 0.5) is 10.1 Å². The molecule has 0 radical (unpaired) electrons. The number of carbonyl (C=O) groups is 2. The molecule has 3 saturated carbocycles. The maximum Gasteiger partial charge on any atom is 0.193 e. The lowest BCUT2D eigenvalue weighted by molar-refractivity contribution is -0.231. The van der Waals surface area contributed by atoms with E-state index in [-0.39, 0.29) is 24.0 Å². The zero-order valence-corrected chi connectivity index (χ0v) is 25.9. The van der Waals surface area contributed by atoms with E-state index in [1.165, 1.54) is 12.2 Å². The lowest BCUT2D eigenvalue weighted by Crippen LogP contribution is -2.69. The van der Waals surface area contributed by atoms with Crippen molar-refractivity contribution in [2.45, 2.75) is 88.6 Å². The molecule has 0 amide bonds. The summed E-state index contributed by atoms with van der Waals surface area (Å²) < 4.78 is 30.6. The fourth-order valence-corrected chi connectivity index (χ4v) is 9.67. The fourth-order valence-electron chi connectivity index (χ4n) is 9.67. The first kappa shape index (κ1) is 30.4. The van der Waals surface area contributed by atoms with E-state index in [1.807, 2.05) is 43.3 Å². The van der Waals surface area contributed by atoms with Gasteiger partial charge in [0, 0.05) is 39.9 Å². The number of ketones is 2. The number of ether oxygens (including phenoxy) is 2. The minimum absolute atomic E-state index is 0.0478. The second-order valence-electron chi connectivity index (χ2n) is 14.2. The van der Waals surface area contributed by atoms with Gasteiger partial charge in [-0.05, 0) is 86.8 Å². The maximum atomic E-state index is 17.6. The summed E-state index contributed by atoms with van der Waals surface area (Å²) in [5, 5.41) is 21.9. The van der Waals surface area contributed by atoms with Crippen LogP contribution in [0.25, 0.3) is 0 Å². The number of nitrogen functional groups attached to an aromatic ring is 1. The molecule has 0 spiro atoms. The minimum atomic E-state index is -2.04. The van der Waals surface area contributed by atoms with Crippen LogP contribution in [-0.4, -0.2) is 56.8 Å². The van der Waals surface area contributed by atoms with Crippen molar-refractivity contribution >= 4 is 17.3 Å². The zero-order chi connectivity index (χ0) is 31.9. The molecule has 238 valence electrons. The molecular weight excluding hydrogens is 575 g/mol. The number of hydrogen-bond acceptors (Lipinski definition) is 8. The topological polar surface area (TPSA) is 132 Å². The molecule has 5 aliphatic rings. The molecule has 1 aromatic carbocycles. The van der Waals surface area contributed by atoms with E-state index in [0.29, 0.717) is 30.4 Å². The molecule has 4 fully saturated rings. The SMILES string of the molecule is C[C@H](Cc1ccc([C@@H]2O[C@@H]3C[C@H]4[C@@H]5CCC6=CC(=O)C=C[C@]6(C)[C@@]5(F)[C@@H](O)C[C@]4(C)[C@]3(C(=O)CO)O2)cn1)c1ccc(N)cc1. The Bertz CT molecular complexity index is 1590. The molecule has 1 aromatic heterocycles. The van der Waals surface area contributed by atoms with Gasteiger partial charge in [0.1, 0.15) is 6.61 Å². The van der Waals surface area contributed by atoms with Gasteiger partial charge in [-0.25, -0.2) is 4.39 Å². The van der Waals surface area contributed by atoms with E-state index in [2.05, 4.69) is 11.9 Å². The Morgan fingerprint density at radius 2 is 1.93 bits per heavy atom. The highest BCUT2D eigenvalue weighted by atomic mass is 19.1. The predicted molar refractivity (Wildman–Crippen MR) is 164 cm³/mol. The molecule has 1 saturated heterocycles. The molecule has 45 heavy (non-hydrogen) atoms. The Labute approximate surface area is 262 Å². The number of allylic oxidation sites excluding steroid dienone is 4. The van der Waals surface area contributed by atoms with Crippen molar-refractivity contribution in [2.75, 3.05) is 12.3 Å². The first-order valence-corrected chi connectivity index (χ1v) is 16.0. The smallest absolute Gasteiger partial charge is 0.193 e. The highest BCUT2D eigenvalue weighted by molar-refractivity contribution is 6.01. The molecule has 0 bridgehead atoms. The normalized spacial score (nSPS) is 40.6. The number of aromatic nitrogens is 1. The van der Waals surface area contributed by atoms with Crippen molar-refractivity contribution < 1.29 is 33.7 Å². The quantitative estimate of drug-likeness (QED) is 0.398. The number of benzene rings is 1. The first-order valence-electron chi connectivity index (χ1n) is 16.0. The van der Waals surface area contributed by atoms with Crippen LogP contribution >= 0.6 is 0 Å². The van der Waals surface area contributed by atoms with Crippen molar-refractivity contribution in [3.8, 4) is 0 Å². The first-order chi connectivity index (χ1) is 21.4. The number of rotatable bonds is 6. The highest BCUT2D eigenvalue weighted by Crippen LogP contribution is 2.72. The van der Waals surface area contributed by atoms with Crippen LogP contribution in [0.3, 0.4) is 0 Å². The van der Waals surface area contributed by atoms with E-state index in [1.54, 1.807) is 19.2 Å². The third kappa shape index (κ3) is 4.13. The summed E-state index contributed by atoms with van der Waals surface area (Å²) in [4.78, 5) is 30.6. The van der Waals surface area contributed by atoms with Gasteiger partial charge in [-0.15, -0.1) is 0 Å². The maximum absolute atomic E-state index is 17.6. The third-order valence-corrected chi connectivity index (χ3v) is 12.1. The molecule has 4 aliphatic carbocycles. The van der Waals surface area contributed by atoms with Gasteiger partial charge in [0.2, 0.25) is 0 Å². The van der Waals surface area contributed by atoms with Gasteiger partial charge in [-0.1, -0.05) is 43.7 Å². The summed E-state index contributed by atoms with van der Waals surface area (Å²) in [7, 11) is 0. The molecule has 4 N–H and O–H groups in total. The predicted octanol–water partition coefficient (Wildman–Crippen LogP) is 4.70. The molecule has 0 unspecified atom stereocenters. The number of alkyl halides is 1. The van der Waals surface area contributed by atoms with Gasteiger partial charge >= 0.3 is 0 Å². The summed E-state index contributed by atoms with van der Waals surface area (Å²) in [5.41, 5.74) is 4.21. The van der Waals surface area contributed by atoms with Crippen LogP contribution in [-0.2, 0) is 25.5 Å². The number of pyridine rings is 1. The molecule has 9 heteroatoms. The zero-order valence-electron chi connectivity index (χ0n) is 25.9. The lowest BCUT2D eigenvalue weighted by atomic mass is 9.44. The monoisotopic (exact) mass is 616 g/mol. The summed E-state index contributed by atoms with van der Waals surface area (Å²) in [6.07, 6.45) is 5.12. The summed E-state index contributed by atoms with van der Waals surface area (Å²) >= 11 is 0. The van der Waals surface area contributed by atoms with Crippen LogP contribution in [0.15, 0.2) is 66.4 Å². The number of aliphatic hydroxyl groups excluding tert-OH is 2. The third-order valence-electron chi connectivity index (χ3n) is 12.1. The average Bonchev–Trinajstić information content (AvgIpc) is 3.52. The minimum Gasteiger partial charge on any atom is -0.399 e. The molecule has 10 atom stereocenters. The molecule has 2 aromatic rings. The number of Topliss-reactive ketones (excluding diaryl/α,β-unsaturated/α-hetero) is 1. The second kappa shape index (κ2) is 10.4. The van der Waals surface area contributed by atoms with Gasteiger partial charge in [0.05, 0.1) is 12.2 Å². The summed E-state index contributed by atoms with van der Waals surface area (Å²) in [6.45, 7) is 5.02. The van der Waals surface area contributed by atoms with Crippen molar-refractivity contribution in [3.63, 3.8) is 0 Å². The standard InChI is InChI=1S/C36H41FN2O6/c1-20(21-4-8-24(38)9-5-21)14-25-10-6-22(18-39-25)32-44-31-16-28-27-11-7-23-15-26(41)12-13-33(23,2)35(27,37)29(42)17-34(28,3)36(31,45-32)30(43)19-40/h4-6,8-10,12-13,15,18,20,27-29,31-32,40,42H,7,11,14,16-17,19,38H2,1-3H3/t20-,27+,28+,29+,31-,32-,33+,34+,35+,36-/m1/s1. The van der Waals surface area contributed by atoms with Gasteiger partial charge < -0.3 is 25.4 Å². The Morgan fingerprint density at radius 1 is 1.18 bits per heavy atom. The Balaban J connectivity index is 1.16. The van der Waals surface area contributed by atoms with Gasteiger partial charge in [0.15, 0.2) is 29.1 Å². The number of nitrogens with two attached hydrogens (primary N) is 1. The van der Waals surface area contributed by atoms with E-state index < -0.39 is 58.9 Å². The van der Waals surface area contributed by atoms with Crippen LogP contribution < -0.4 is 5.73 Å². The van der Waals surface area contributed by atoms with E-state index in [0.717, 1.165) is 23.4 Å². The van der Waals surface area contributed by atoms with Crippen LogP contribution in [0, 0.1) is 22.7 Å². The Morgan fingerprint density at radius 3 is 2.62 bits per heavy atom. The van der Waals surface area contributed by atoms with Crippen molar-refractivity contribution in [1.82, 2.24) is 4.98 Å². The number of fused-ring (bicyclic) bond motifs is 7. The fraction of sp³-hybridized carbons (Fsp3) is 0.528. The van der Waals surface area contributed by atoms with Crippen molar-refractivity contribution in [2.24, 2.45) is 22.7 Å². The molecule has 8 nitrogen and oxygen atoms in total. The number of halogens is 1. The summed E-state index contributed by atoms with van der Waals surface area (Å²) in [5.74, 6) is -1.43. The van der Waals surface area contributed by atoms with E-state index in [4.69, 9.17) is 15.2 Å². The Hall–Kier alpha value is -3.24. The van der Waals surface area contributed by atoms with Crippen molar-refractivity contribution in [1.29, 1.82) is 0 Å².